The Morgan fingerprint density at radius 2 is 2.33 bits per heavy atom. The van der Waals surface area contributed by atoms with E-state index in [4.69, 9.17) is 4.74 Å². The molecule has 0 bridgehead atoms. The summed E-state index contributed by atoms with van der Waals surface area (Å²) in [5, 5.41) is 3.47. The Labute approximate surface area is 109 Å². The zero-order valence-electron chi connectivity index (χ0n) is 11.2. The van der Waals surface area contributed by atoms with Crippen molar-refractivity contribution in [2.24, 2.45) is 5.92 Å². The first kappa shape index (κ1) is 13.5. The van der Waals surface area contributed by atoms with Crippen LogP contribution < -0.4 is 5.32 Å². The molecule has 3 heteroatoms. The van der Waals surface area contributed by atoms with Gasteiger partial charge in [0.15, 0.2) is 0 Å². The maximum Gasteiger partial charge on any atom is 0.126 e. The zero-order valence-corrected chi connectivity index (χ0v) is 11.2. The van der Waals surface area contributed by atoms with E-state index in [1.807, 2.05) is 12.1 Å². The number of aryl methyl sites for hydroxylation is 1. The van der Waals surface area contributed by atoms with Crippen LogP contribution in [0.1, 0.15) is 36.9 Å². The van der Waals surface area contributed by atoms with Gasteiger partial charge in [-0.15, -0.1) is 0 Å². The van der Waals surface area contributed by atoms with Crippen LogP contribution >= 0.6 is 0 Å². The molecule has 1 aromatic rings. The van der Waals surface area contributed by atoms with Crippen LogP contribution in [-0.4, -0.2) is 19.8 Å². The molecule has 0 spiro atoms. The van der Waals surface area contributed by atoms with Gasteiger partial charge >= 0.3 is 0 Å². The Morgan fingerprint density at radius 1 is 1.50 bits per heavy atom. The van der Waals surface area contributed by atoms with Gasteiger partial charge in [-0.25, -0.2) is 4.39 Å². The lowest BCUT2D eigenvalue weighted by atomic mass is 10.0. The quantitative estimate of drug-likeness (QED) is 0.887. The summed E-state index contributed by atoms with van der Waals surface area (Å²) in [6.45, 7) is 6.55. The second-order valence-electron chi connectivity index (χ2n) is 5.22. The molecule has 100 valence electrons. The molecule has 1 aliphatic rings. The van der Waals surface area contributed by atoms with Crippen molar-refractivity contribution in [3.8, 4) is 0 Å². The van der Waals surface area contributed by atoms with E-state index in [2.05, 4.69) is 12.2 Å². The van der Waals surface area contributed by atoms with E-state index in [-0.39, 0.29) is 11.9 Å². The maximum absolute atomic E-state index is 13.5. The molecule has 0 radical (unpaired) electrons. The molecule has 18 heavy (non-hydrogen) atoms. The third-order valence-electron chi connectivity index (χ3n) is 3.66. The molecule has 0 aliphatic carbocycles. The van der Waals surface area contributed by atoms with Crippen molar-refractivity contribution < 1.29 is 9.13 Å². The molecular weight excluding hydrogens is 229 g/mol. The third kappa shape index (κ3) is 3.53. The summed E-state index contributed by atoms with van der Waals surface area (Å²) in [5.74, 6) is 0.471. The third-order valence-corrected chi connectivity index (χ3v) is 3.66. The van der Waals surface area contributed by atoms with E-state index < -0.39 is 0 Å². The first-order valence-corrected chi connectivity index (χ1v) is 6.74. The average molecular weight is 251 g/mol. The minimum absolute atomic E-state index is 0.123. The molecule has 1 N–H and O–H groups in total. The lowest BCUT2D eigenvalue weighted by Crippen LogP contribution is -2.30. The van der Waals surface area contributed by atoms with Crippen molar-refractivity contribution in [2.75, 3.05) is 19.8 Å². The van der Waals surface area contributed by atoms with Crippen LogP contribution in [-0.2, 0) is 4.74 Å². The van der Waals surface area contributed by atoms with Gasteiger partial charge in [-0.3, -0.25) is 0 Å². The molecule has 1 heterocycles. The second kappa shape index (κ2) is 6.30. The van der Waals surface area contributed by atoms with Gasteiger partial charge in [0.25, 0.3) is 0 Å². The number of nitrogens with one attached hydrogen (secondary N) is 1. The summed E-state index contributed by atoms with van der Waals surface area (Å²) in [7, 11) is 0. The minimum atomic E-state index is -0.123. The molecule has 2 nitrogen and oxygen atoms in total. The highest BCUT2D eigenvalue weighted by Gasteiger charge is 2.15. The molecule has 1 saturated heterocycles. The summed E-state index contributed by atoms with van der Waals surface area (Å²) in [5.41, 5.74) is 1.71. The lowest BCUT2D eigenvalue weighted by molar-refractivity contribution is 0.0540. The van der Waals surface area contributed by atoms with Gasteiger partial charge in [-0.2, -0.15) is 0 Å². The monoisotopic (exact) mass is 251 g/mol. The fourth-order valence-electron chi connectivity index (χ4n) is 2.31. The standard InChI is InChI=1S/C15H22FNO/c1-11-5-6-14(8-15(11)16)12(2)17-9-13-4-3-7-18-10-13/h5-6,8,12-13,17H,3-4,7,9-10H2,1-2H3. The summed E-state index contributed by atoms with van der Waals surface area (Å²) in [6.07, 6.45) is 2.38. The molecule has 2 atom stereocenters. The molecular formula is C15H22FNO. The van der Waals surface area contributed by atoms with Crippen LogP contribution in [0, 0.1) is 18.7 Å². The smallest absolute Gasteiger partial charge is 0.126 e. The zero-order chi connectivity index (χ0) is 13.0. The van der Waals surface area contributed by atoms with Gasteiger partial charge in [-0.1, -0.05) is 12.1 Å². The van der Waals surface area contributed by atoms with Crippen molar-refractivity contribution in [1.29, 1.82) is 0 Å². The highest BCUT2D eigenvalue weighted by atomic mass is 19.1. The highest BCUT2D eigenvalue weighted by Crippen LogP contribution is 2.18. The van der Waals surface area contributed by atoms with E-state index in [1.54, 1.807) is 13.0 Å². The Kier molecular flexibility index (Phi) is 4.72. The Bertz CT molecular complexity index is 388. The molecule has 0 saturated carbocycles. The van der Waals surface area contributed by atoms with Gasteiger partial charge < -0.3 is 10.1 Å². The second-order valence-corrected chi connectivity index (χ2v) is 5.22. The van der Waals surface area contributed by atoms with Crippen molar-refractivity contribution in [3.63, 3.8) is 0 Å². The van der Waals surface area contributed by atoms with Crippen LogP contribution in [0.25, 0.3) is 0 Å². The summed E-state index contributed by atoms with van der Waals surface area (Å²) in [4.78, 5) is 0. The van der Waals surface area contributed by atoms with Crippen molar-refractivity contribution >= 4 is 0 Å². The Morgan fingerprint density at radius 3 is 3.00 bits per heavy atom. The number of benzene rings is 1. The first-order valence-electron chi connectivity index (χ1n) is 6.74. The number of ether oxygens (including phenoxy) is 1. The molecule has 1 fully saturated rings. The lowest BCUT2D eigenvalue weighted by Gasteiger charge is -2.24. The van der Waals surface area contributed by atoms with Crippen molar-refractivity contribution in [2.45, 2.75) is 32.7 Å². The molecule has 2 rings (SSSR count). The van der Waals surface area contributed by atoms with Gasteiger partial charge in [-0.05, 0) is 49.8 Å². The molecule has 0 amide bonds. The van der Waals surface area contributed by atoms with Gasteiger partial charge in [0, 0.05) is 19.2 Å². The number of hydrogen-bond donors (Lipinski definition) is 1. The van der Waals surface area contributed by atoms with Crippen LogP contribution in [0.2, 0.25) is 0 Å². The Hall–Kier alpha value is -0.930. The highest BCUT2D eigenvalue weighted by molar-refractivity contribution is 5.25. The van der Waals surface area contributed by atoms with Gasteiger partial charge in [0.1, 0.15) is 5.82 Å². The number of hydrogen-bond acceptors (Lipinski definition) is 2. The van der Waals surface area contributed by atoms with Crippen molar-refractivity contribution in [1.82, 2.24) is 5.32 Å². The fourth-order valence-corrected chi connectivity index (χ4v) is 2.31. The van der Waals surface area contributed by atoms with E-state index in [9.17, 15) is 4.39 Å². The van der Waals surface area contributed by atoms with Crippen LogP contribution in [0.5, 0.6) is 0 Å². The summed E-state index contributed by atoms with van der Waals surface area (Å²) < 4.78 is 18.9. The topological polar surface area (TPSA) is 21.3 Å². The molecule has 0 aromatic heterocycles. The summed E-state index contributed by atoms with van der Waals surface area (Å²) in [6, 6.07) is 5.65. The van der Waals surface area contributed by atoms with Crippen molar-refractivity contribution in [3.05, 3.63) is 35.1 Å². The van der Waals surface area contributed by atoms with E-state index >= 15 is 0 Å². The molecule has 1 aromatic carbocycles. The van der Waals surface area contributed by atoms with Gasteiger partial charge in [0.05, 0.1) is 6.61 Å². The fraction of sp³-hybridized carbons (Fsp3) is 0.600. The largest absolute Gasteiger partial charge is 0.381 e. The van der Waals surface area contributed by atoms with E-state index in [1.165, 1.54) is 6.42 Å². The first-order chi connectivity index (χ1) is 8.66. The predicted octanol–water partition coefficient (Wildman–Crippen LogP) is 3.21. The maximum atomic E-state index is 13.5. The number of halogens is 1. The predicted molar refractivity (Wildman–Crippen MR) is 71.1 cm³/mol. The van der Waals surface area contributed by atoms with Crippen LogP contribution in [0.15, 0.2) is 18.2 Å². The van der Waals surface area contributed by atoms with E-state index in [0.717, 1.165) is 31.7 Å². The number of rotatable bonds is 4. The summed E-state index contributed by atoms with van der Waals surface area (Å²) >= 11 is 0. The molecule has 1 aliphatic heterocycles. The van der Waals surface area contributed by atoms with E-state index in [0.29, 0.717) is 11.5 Å². The average Bonchev–Trinajstić information content (AvgIpc) is 2.40. The SMILES string of the molecule is Cc1ccc(C(C)NCC2CCCOC2)cc1F. The normalized spacial score (nSPS) is 21.8. The van der Waals surface area contributed by atoms with Crippen LogP contribution in [0.4, 0.5) is 4.39 Å². The van der Waals surface area contributed by atoms with Gasteiger partial charge in [0.2, 0.25) is 0 Å². The Balaban J connectivity index is 1.86. The van der Waals surface area contributed by atoms with Crippen LogP contribution in [0.3, 0.4) is 0 Å². The minimum Gasteiger partial charge on any atom is -0.381 e. The molecule has 2 unspecified atom stereocenters.